The molecule has 1 aliphatic heterocycles. The van der Waals surface area contributed by atoms with Gasteiger partial charge in [-0.25, -0.2) is 0 Å². The van der Waals surface area contributed by atoms with Crippen LogP contribution in [0.1, 0.15) is 16.1 Å². The van der Waals surface area contributed by atoms with E-state index in [1.54, 1.807) is 11.0 Å². The average Bonchev–Trinajstić information content (AvgIpc) is 3.32. The molecule has 1 aromatic heterocycles. The van der Waals surface area contributed by atoms with Crippen molar-refractivity contribution in [2.45, 2.75) is 13.5 Å². The summed E-state index contributed by atoms with van der Waals surface area (Å²) >= 11 is 8.61. The summed E-state index contributed by atoms with van der Waals surface area (Å²) in [5, 5.41) is 10.6. The second-order valence-electron chi connectivity index (χ2n) is 6.80. The minimum Gasteiger partial charge on any atom is -0.489 e. The maximum absolute atomic E-state index is 12.9. The number of rotatable bonds is 7. The maximum atomic E-state index is 12.9. The van der Waals surface area contributed by atoms with Crippen molar-refractivity contribution < 1.29 is 9.53 Å². The van der Waals surface area contributed by atoms with Gasteiger partial charge in [-0.1, -0.05) is 53.3 Å². The van der Waals surface area contributed by atoms with Crippen molar-refractivity contribution in [3.05, 3.63) is 87.2 Å². The number of amidine groups is 1. The van der Waals surface area contributed by atoms with Crippen LogP contribution in [0.5, 0.6) is 5.75 Å². The second kappa shape index (κ2) is 10.1. The smallest absolute Gasteiger partial charge is 0.267 e. The van der Waals surface area contributed by atoms with Gasteiger partial charge in [0.1, 0.15) is 17.4 Å². The predicted molar refractivity (Wildman–Crippen MR) is 131 cm³/mol. The lowest BCUT2D eigenvalue weighted by molar-refractivity contribution is -0.121. The van der Waals surface area contributed by atoms with Crippen LogP contribution >= 0.6 is 34.7 Å². The van der Waals surface area contributed by atoms with Gasteiger partial charge in [-0.3, -0.25) is 9.69 Å². The predicted octanol–water partition coefficient (Wildman–Crippen LogP) is 5.87. The molecular formula is C23H19ClN4O2S2. The fourth-order valence-electron chi connectivity index (χ4n) is 2.85. The van der Waals surface area contributed by atoms with E-state index in [1.807, 2.05) is 61.5 Å². The van der Waals surface area contributed by atoms with Crippen LogP contribution in [0.2, 0.25) is 5.02 Å². The molecule has 0 atom stereocenters. The third-order valence-electron chi connectivity index (χ3n) is 4.40. The summed E-state index contributed by atoms with van der Waals surface area (Å²) in [6.45, 7) is 6.43. The molecule has 3 aromatic rings. The summed E-state index contributed by atoms with van der Waals surface area (Å²) in [6, 6.07) is 15.1. The molecule has 1 aliphatic rings. The molecule has 0 unspecified atom stereocenters. The lowest BCUT2D eigenvalue weighted by atomic mass is 10.2. The van der Waals surface area contributed by atoms with Gasteiger partial charge in [0.15, 0.2) is 5.17 Å². The summed E-state index contributed by atoms with van der Waals surface area (Å²) in [4.78, 5) is 19.6. The molecule has 1 amide bonds. The van der Waals surface area contributed by atoms with E-state index in [-0.39, 0.29) is 5.91 Å². The van der Waals surface area contributed by atoms with Gasteiger partial charge in [-0.15, -0.1) is 16.8 Å². The van der Waals surface area contributed by atoms with Crippen molar-refractivity contribution >= 4 is 57.0 Å². The zero-order chi connectivity index (χ0) is 22.5. The van der Waals surface area contributed by atoms with Gasteiger partial charge >= 0.3 is 0 Å². The third kappa shape index (κ3) is 5.45. The Balaban J connectivity index is 1.47. The van der Waals surface area contributed by atoms with E-state index >= 15 is 0 Å². The molecule has 162 valence electrons. The lowest BCUT2D eigenvalue weighted by Crippen LogP contribution is -2.29. The summed E-state index contributed by atoms with van der Waals surface area (Å²) in [7, 11) is 0. The Kier molecular flexibility index (Phi) is 7.04. The maximum Gasteiger partial charge on any atom is 0.267 e. The molecule has 1 fully saturated rings. The largest absolute Gasteiger partial charge is 0.489 e. The summed E-state index contributed by atoms with van der Waals surface area (Å²) < 4.78 is 5.83. The number of carbonyl (C=O) groups excluding carboxylic acids is 1. The summed E-state index contributed by atoms with van der Waals surface area (Å²) in [5.74, 6) is 0.632. The van der Waals surface area contributed by atoms with E-state index < -0.39 is 0 Å². The first-order valence-electron chi connectivity index (χ1n) is 9.70. The molecule has 0 spiro atoms. The fraction of sp³-hybridized carbons (Fsp3) is 0.130. The highest BCUT2D eigenvalue weighted by molar-refractivity contribution is 8.18. The molecule has 32 heavy (non-hydrogen) atoms. The molecule has 0 N–H and O–H groups in total. The monoisotopic (exact) mass is 482 g/mol. The molecule has 0 aliphatic carbocycles. The first kappa shape index (κ1) is 22.3. The van der Waals surface area contributed by atoms with Crippen LogP contribution < -0.4 is 4.74 Å². The molecular weight excluding hydrogens is 464 g/mol. The Morgan fingerprint density at radius 3 is 2.56 bits per heavy atom. The van der Waals surface area contributed by atoms with Gasteiger partial charge in [-0.05, 0) is 60.2 Å². The van der Waals surface area contributed by atoms with E-state index in [9.17, 15) is 4.79 Å². The van der Waals surface area contributed by atoms with Crippen molar-refractivity contribution in [3.8, 4) is 5.75 Å². The molecule has 2 aromatic carbocycles. The normalized spacial score (nSPS) is 16.2. The zero-order valence-electron chi connectivity index (χ0n) is 17.2. The first-order chi connectivity index (χ1) is 15.5. The molecule has 2 heterocycles. The lowest BCUT2D eigenvalue weighted by Gasteiger charge is -2.11. The van der Waals surface area contributed by atoms with Crippen molar-refractivity contribution in [2.75, 3.05) is 6.54 Å². The SMILES string of the molecule is C=CCN1C(=O)/C(=C/c2ccc(OCc3ccc(Cl)cc3)cc2)S/C1=N/c1nnc(C)s1. The third-order valence-corrected chi connectivity index (χ3v) is 6.39. The number of carbonyl (C=O) groups is 1. The Bertz CT molecular complexity index is 1190. The van der Waals surface area contributed by atoms with Gasteiger partial charge in [0, 0.05) is 11.6 Å². The van der Waals surface area contributed by atoms with E-state index in [0.29, 0.717) is 33.4 Å². The molecule has 0 radical (unpaired) electrons. The number of aliphatic imine (C=N–C) groups is 1. The standard InChI is InChI=1S/C23H19ClN4O2S2/c1-3-12-28-21(29)20(32-23(28)25-22-27-26-15(2)31-22)13-16-6-10-19(11-7-16)30-14-17-4-8-18(24)9-5-17/h3-11,13H,1,12,14H2,2H3/b20-13-,25-23+. The van der Waals surface area contributed by atoms with Crippen LogP contribution in [0.25, 0.3) is 6.08 Å². The number of hydrogen-bond donors (Lipinski definition) is 0. The van der Waals surface area contributed by atoms with Crippen LogP contribution in [0.3, 0.4) is 0 Å². The van der Waals surface area contributed by atoms with Crippen LogP contribution in [0.15, 0.2) is 71.1 Å². The molecule has 9 heteroatoms. The van der Waals surface area contributed by atoms with Gasteiger partial charge in [0.25, 0.3) is 5.91 Å². The number of aryl methyl sites for hydroxylation is 1. The Labute approximate surface area is 199 Å². The molecule has 4 rings (SSSR count). The molecule has 0 saturated carbocycles. The average molecular weight is 483 g/mol. The van der Waals surface area contributed by atoms with Crippen LogP contribution in [-0.2, 0) is 11.4 Å². The topological polar surface area (TPSA) is 67.7 Å². The minimum absolute atomic E-state index is 0.113. The van der Waals surface area contributed by atoms with E-state index in [4.69, 9.17) is 16.3 Å². The van der Waals surface area contributed by atoms with Crippen molar-refractivity contribution in [1.29, 1.82) is 0 Å². The molecule has 0 bridgehead atoms. The summed E-state index contributed by atoms with van der Waals surface area (Å²) in [5.41, 5.74) is 1.93. The quantitative estimate of drug-likeness (QED) is 0.311. The van der Waals surface area contributed by atoms with Crippen LogP contribution in [0, 0.1) is 6.92 Å². The van der Waals surface area contributed by atoms with Gasteiger partial charge in [-0.2, -0.15) is 4.99 Å². The van der Waals surface area contributed by atoms with Crippen molar-refractivity contribution in [3.63, 3.8) is 0 Å². The summed E-state index contributed by atoms with van der Waals surface area (Å²) in [6.07, 6.45) is 3.52. The van der Waals surface area contributed by atoms with Gasteiger partial charge in [0.05, 0.1) is 4.91 Å². The number of halogens is 1. The second-order valence-corrected chi connectivity index (χ2v) is 9.40. The van der Waals surface area contributed by atoms with E-state index in [2.05, 4.69) is 21.8 Å². The number of amides is 1. The van der Waals surface area contributed by atoms with Crippen LogP contribution in [-0.4, -0.2) is 32.7 Å². The van der Waals surface area contributed by atoms with Gasteiger partial charge < -0.3 is 4.74 Å². The molecule has 6 nitrogen and oxygen atoms in total. The number of benzene rings is 2. The van der Waals surface area contributed by atoms with E-state index in [0.717, 1.165) is 21.9 Å². The highest BCUT2D eigenvalue weighted by atomic mass is 35.5. The van der Waals surface area contributed by atoms with Crippen molar-refractivity contribution in [1.82, 2.24) is 15.1 Å². The van der Waals surface area contributed by atoms with Crippen LogP contribution in [0.4, 0.5) is 5.13 Å². The number of nitrogens with zero attached hydrogens (tertiary/aromatic N) is 4. The zero-order valence-corrected chi connectivity index (χ0v) is 19.6. The minimum atomic E-state index is -0.113. The highest BCUT2D eigenvalue weighted by Gasteiger charge is 2.32. The Morgan fingerprint density at radius 2 is 1.91 bits per heavy atom. The van der Waals surface area contributed by atoms with E-state index in [1.165, 1.54) is 23.1 Å². The first-order valence-corrected chi connectivity index (χ1v) is 11.7. The fourth-order valence-corrected chi connectivity index (χ4v) is 4.59. The Hall–Kier alpha value is -2.94. The number of thioether (sulfide) groups is 1. The molecule has 1 saturated heterocycles. The highest BCUT2D eigenvalue weighted by Crippen LogP contribution is 2.34. The van der Waals surface area contributed by atoms with Crippen molar-refractivity contribution in [2.24, 2.45) is 4.99 Å². The Morgan fingerprint density at radius 1 is 1.16 bits per heavy atom. The number of ether oxygens (including phenoxy) is 1. The number of aromatic nitrogens is 2. The van der Waals surface area contributed by atoms with Gasteiger partial charge in [0.2, 0.25) is 5.13 Å². The number of hydrogen-bond acceptors (Lipinski definition) is 7.